The van der Waals surface area contributed by atoms with E-state index in [1.165, 1.54) is 24.3 Å². The summed E-state index contributed by atoms with van der Waals surface area (Å²) in [6, 6.07) is 8.33. The molecule has 0 aliphatic rings. The molecule has 4 aromatic rings. The van der Waals surface area contributed by atoms with Crippen LogP contribution >= 0.6 is 11.6 Å². The molecule has 0 bridgehead atoms. The first-order chi connectivity index (χ1) is 18.7. The highest BCUT2D eigenvalue weighted by Crippen LogP contribution is 2.41. The molecule has 210 valence electrons. The number of halogens is 1. The Morgan fingerprint density at radius 3 is 2.38 bits per heavy atom. The standard InChI is InChI=1S/C22H21ClN8O7S2/c1-3-31(2)22-27-20(23)26-21(28-22)25-12-5-7-15(17(9-12)40(36,37)38)29-30-19-14(24)6-4-11-8-13(39(33,34)35)10-16(32)18(11)19/h4-10,32H,3,24H2,1-2H3,(H,33,34,35)(H,36,37,38)(H,25,26,27,28)/b30-29-. The molecule has 0 aliphatic carbocycles. The highest BCUT2D eigenvalue weighted by Gasteiger charge is 2.20. The number of azo groups is 1. The third-order valence-electron chi connectivity index (χ3n) is 5.54. The summed E-state index contributed by atoms with van der Waals surface area (Å²) >= 11 is 5.98. The Balaban J connectivity index is 1.77. The van der Waals surface area contributed by atoms with Crippen molar-refractivity contribution >= 4 is 77.3 Å². The molecule has 0 spiro atoms. The molecule has 15 nitrogen and oxygen atoms in total. The van der Waals surface area contributed by atoms with Crippen molar-refractivity contribution in [2.45, 2.75) is 16.7 Å². The molecule has 0 aliphatic heterocycles. The second-order valence-corrected chi connectivity index (χ2v) is 11.4. The molecular formula is C22H21ClN8O7S2. The average Bonchev–Trinajstić information content (AvgIpc) is 2.86. The lowest BCUT2D eigenvalue weighted by Gasteiger charge is -2.15. The Bertz CT molecular complexity index is 1890. The summed E-state index contributed by atoms with van der Waals surface area (Å²) in [7, 11) is -7.71. The van der Waals surface area contributed by atoms with Crippen LogP contribution in [0.1, 0.15) is 6.92 Å². The molecule has 1 heterocycles. The molecule has 1 aromatic heterocycles. The summed E-state index contributed by atoms with van der Waals surface area (Å²) in [5.74, 6) is -0.302. The Kier molecular flexibility index (Phi) is 7.77. The average molecular weight is 609 g/mol. The molecule has 40 heavy (non-hydrogen) atoms. The molecule has 4 rings (SSSR count). The first-order valence-corrected chi connectivity index (χ1v) is 14.4. The Morgan fingerprint density at radius 2 is 1.73 bits per heavy atom. The number of rotatable bonds is 8. The van der Waals surface area contributed by atoms with E-state index >= 15 is 0 Å². The zero-order valence-corrected chi connectivity index (χ0v) is 23.1. The van der Waals surface area contributed by atoms with Crippen molar-refractivity contribution in [1.29, 1.82) is 0 Å². The van der Waals surface area contributed by atoms with Crippen LogP contribution in [0.25, 0.3) is 10.8 Å². The van der Waals surface area contributed by atoms with E-state index in [-0.39, 0.29) is 50.7 Å². The summed E-state index contributed by atoms with van der Waals surface area (Å²) in [4.78, 5) is 12.7. The minimum Gasteiger partial charge on any atom is -0.507 e. The number of nitrogens with one attached hydrogen (secondary N) is 1. The maximum Gasteiger partial charge on any atom is 0.296 e. The van der Waals surface area contributed by atoms with Crippen molar-refractivity contribution < 1.29 is 31.0 Å². The van der Waals surface area contributed by atoms with Gasteiger partial charge in [0.1, 0.15) is 22.0 Å². The van der Waals surface area contributed by atoms with Crippen LogP contribution in [-0.4, -0.2) is 59.6 Å². The van der Waals surface area contributed by atoms with Crippen molar-refractivity contribution in [1.82, 2.24) is 15.0 Å². The van der Waals surface area contributed by atoms with Gasteiger partial charge in [-0.3, -0.25) is 9.11 Å². The smallest absolute Gasteiger partial charge is 0.296 e. The molecule has 18 heteroatoms. The van der Waals surface area contributed by atoms with E-state index in [0.29, 0.717) is 6.54 Å². The summed E-state index contributed by atoms with van der Waals surface area (Å²) in [6.45, 7) is 2.45. The molecule has 0 saturated heterocycles. The monoisotopic (exact) mass is 608 g/mol. The molecule has 6 N–H and O–H groups in total. The minimum absolute atomic E-state index is 0.00855. The Hall–Kier alpha value is -4.16. The van der Waals surface area contributed by atoms with Gasteiger partial charge in [0.2, 0.25) is 17.2 Å². The third-order valence-corrected chi connectivity index (χ3v) is 7.42. The van der Waals surface area contributed by atoms with Crippen LogP contribution in [0.3, 0.4) is 0 Å². The van der Waals surface area contributed by atoms with Gasteiger partial charge in [0.15, 0.2) is 0 Å². The maximum absolute atomic E-state index is 12.2. The van der Waals surface area contributed by atoms with Crippen LogP contribution in [0, 0.1) is 0 Å². The van der Waals surface area contributed by atoms with E-state index in [2.05, 4.69) is 30.5 Å². The lowest BCUT2D eigenvalue weighted by atomic mass is 10.1. The fraction of sp³-hybridized carbons (Fsp3) is 0.136. The highest BCUT2D eigenvalue weighted by molar-refractivity contribution is 7.86. The van der Waals surface area contributed by atoms with E-state index < -0.39 is 35.8 Å². The lowest BCUT2D eigenvalue weighted by Crippen LogP contribution is -2.19. The quantitative estimate of drug-likeness (QED) is 0.108. The summed E-state index contributed by atoms with van der Waals surface area (Å²) in [5.41, 5.74) is 5.74. The van der Waals surface area contributed by atoms with E-state index in [4.69, 9.17) is 17.3 Å². The largest absolute Gasteiger partial charge is 0.507 e. The number of benzene rings is 3. The number of phenolic OH excluding ortho intramolecular Hbond substituents is 1. The van der Waals surface area contributed by atoms with Gasteiger partial charge in [0.25, 0.3) is 20.2 Å². The normalized spacial score (nSPS) is 12.2. The van der Waals surface area contributed by atoms with Crippen molar-refractivity contribution in [2.75, 3.05) is 29.5 Å². The van der Waals surface area contributed by atoms with E-state index in [9.17, 15) is 31.0 Å². The van der Waals surface area contributed by atoms with Crippen molar-refractivity contribution in [3.8, 4) is 5.75 Å². The second-order valence-electron chi connectivity index (χ2n) is 8.24. The van der Waals surface area contributed by atoms with Crippen molar-refractivity contribution in [3.63, 3.8) is 0 Å². The van der Waals surface area contributed by atoms with Gasteiger partial charge in [-0.15, -0.1) is 10.2 Å². The molecule has 0 radical (unpaired) electrons. The first-order valence-electron chi connectivity index (χ1n) is 11.1. The number of anilines is 4. The Morgan fingerprint density at radius 1 is 1.00 bits per heavy atom. The van der Waals surface area contributed by atoms with Gasteiger partial charge in [0.05, 0.1) is 16.0 Å². The predicted octanol–water partition coefficient (Wildman–Crippen LogP) is 4.07. The number of nitrogens with two attached hydrogens (primary N) is 1. The summed E-state index contributed by atoms with van der Waals surface area (Å²) in [6.07, 6.45) is 0. The predicted molar refractivity (Wildman–Crippen MR) is 147 cm³/mol. The number of hydrogen-bond donors (Lipinski definition) is 5. The van der Waals surface area contributed by atoms with Crippen LogP contribution < -0.4 is 16.0 Å². The van der Waals surface area contributed by atoms with Gasteiger partial charge in [-0.1, -0.05) is 6.07 Å². The van der Waals surface area contributed by atoms with Crippen LogP contribution in [0.4, 0.5) is 34.6 Å². The second kappa shape index (κ2) is 10.8. The van der Waals surface area contributed by atoms with Crippen molar-refractivity contribution in [2.24, 2.45) is 10.2 Å². The van der Waals surface area contributed by atoms with E-state index in [1.807, 2.05) is 6.92 Å². The van der Waals surface area contributed by atoms with Gasteiger partial charge in [-0.05, 0) is 54.2 Å². The molecule has 3 aromatic carbocycles. The molecular weight excluding hydrogens is 588 g/mol. The summed E-state index contributed by atoms with van der Waals surface area (Å²) < 4.78 is 66.6. The molecule has 0 atom stereocenters. The third kappa shape index (κ3) is 6.18. The fourth-order valence-corrected chi connectivity index (χ4v) is 4.83. The number of aromatic hydroxyl groups is 1. The number of phenols is 1. The van der Waals surface area contributed by atoms with Crippen molar-refractivity contribution in [3.05, 3.63) is 47.7 Å². The number of aromatic nitrogens is 3. The van der Waals surface area contributed by atoms with Gasteiger partial charge in [0, 0.05) is 25.3 Å². The SMILES string of the molecule is CCN(C)c1nc(Cl)nc(Nc2ccc(/N=N\c3c(N)ccc4cc(S(=O)(=O)O)cc(O)c34)c(S(=O)(=O)O)c2)n1. The number of hydrogen-bond acceptors (Lipinski definition) is 13. The zero-order chi connectivity index (χ0) is 29.4. The molecule has 0 unspecified atom stereocenters. The molecule has 0 saturated carbocycles. The summed E-state index contributed by atoms with van der Waals surface area (Å²) in [5, 5.41) is 21.2. The first kappa shape index (κ1) is 28.8. The van der Waals surface area contributed by atoms with Gasteiger partial charge >= 0.3 is 0 Å². The van der Waals surface area contributed by atoms with Gasteiger partial charge in [-0.2, -0.15) is 31.8 Å². The molecule has 0 fully saturated rings. The minimum atomic E-state index is -4.83. The maximum atomic E-state index is 12.2. The van der Waals surface area contributed by atoms with Gasteiger partial charge < -0.3 is 21.1 Å². The number of fused-ring (bicyclic) bond motifs is 1. The highest BCUT2D eigenvalue weighted by atomic mass is 35.5. The van der Waals surface area contributed by atoms with Crippen LogP contribution in [-0.2, 0) is 20.2 Å². The topological polar surface area (TPSA) is 234 Å². The lowest BCUT2D eigenvalue weighted by molar-refractivity contribution is 0.471. The number of nitrogens with zero attached hydrogens (tertiary/aromatic N) is 6. The van der Waals surface area contributed by atoms with E-state index in [0.717, 1.165) is 18.2 Å². The van der Waals surface area contributed by atoms with Crippen LogP contribution in [0.2, 0.25) is 5.28 Å². The number of nitrogen functional groups attached to an aromatic ring is 1. The van der Waals surface area contributed by atoms with Crippen LogP contribution in [0.5, 0.6) is 5.75 Å². The van der Waals surface area contributed by atoms with Crippen LogP contribution in [0.15, 0.2) is 62.5 Å². The van der Waals surface area contributed by atoms with E-state index in [1.54, 1.807) is 11.9 Å². The zero-order valence-electron chi connectivity index (χ0n) is 20.7. The fourth-order valence-electron chi connectivity index (χ4n) is 3.49. The Labute approximate surface area is 232 Å². The molecule has 0 amide bonds. The van der Waals surface area contributed by atoms with Gasteiger partial charge in [-0.25, -0.2) is 0 Å².